The van der Waals surface area contributed by atoms with Crippen LogP contribution >= 0.6 is 0 Å². The van der Waals surface area contributed by atoms with Gasteiger partial charge in [0.05, 0.1) is 24.2 Å². The molecule has 0 saturated carbocycles. The van der Waals surface area contributed by atoms with Crippen molar-refractivity contribution in [3.8, 4) is 0 Å². The summed E-state index contributed by atoms with van der Waals surface area (Å²) in [7, 11) is 0. The van der Waals surface area contributed by atoms with Crippen LogP contribution in [-0.2, 0) is 17.9 Å². The van der Waals surface area contributed by atoms with Crippen LogP contribution in [0, 0.1) is 12.9 Å². The van der Waals surface area contributed by atoms with Crippen molar-refractivity contribution in [3.63, 3.8) is 0 Å². The van der Waals surface area contributed by atoms with Gasteiger partial charge in [-0.3, -0.25) is 9.48 Å². The highest BCUT2D eigenvalue weighted by molar-refractivity contribution is 5.82. The van der Waals surface area contributed by atoms with E-state index in [4.69, 9.17) is 0 Å². The molecule has 0 bridgehead atoms. The molecule has 0 aromatic carbocycles. The van der Waals surface area contributed by atoms with Crippen LogP contribution in [0.25, 0.3) is 0 Å². The van der Waals surface area contributed by atoms with Crippen molar-refractivity contribution >= 4 is 12.1 Å². The first-order chi connectivity index (χ1) is 9.60. The first kappa shape index (κ1) is 13.9. The first-order valence-corrected chi connectivity index (χ1v) is 6.12. The zero-order valence-electron chi connectivity index (χ0n) is 11.2. The van der Waals surface area contributed by atoms with Gasteiger partial charge in [-0.15, -0.1) is 0 Å². The summed E-state index contributed by atoms with van der Waals surface area (Å²) < 4.78 is 16.3. The third kappa shape index (κ3) is 3.28. The summed E-state index contributed by atoms with van der Waals surface area (Å²) in [5, 5.41) is 11.5. The molecule has 0 radical (unpaired) electrons. The summed E-state index contributed by atoms with van der Waals surface area (Å²) in [6, 6.07) is 0. The van der Waals surface area contributed by atoms with Crippen molar-refractivity contribution in [2.45, 2.75) is 26.9 Å². The fourth-order valence-electron chi connectivity index (χ4n) is 1.60. The largest absolute Gasteiger partial charge is 0.271 e. The smallest absolute Gasteiger partial charge is 0.261 e. The van der Waals surface area contributed by atoms with Crippen LogP contribution in [0.2, 0.25) is 0 Å². The molecular formula is C12H15FN6O. The van der Waals surface area contributed by atoms with Crippen molar-refractivity contribution in [1.82, 2.24) is 25.0 Å². The summed E-state index contributed by atoms with van der Waals surface area (Å²) >= 11 is 0. The highest BCUT2D eigenvalue weighted by Crippen LogP contribution is 2.02. The van der Waals surface area contributed by atoms with E-state index in [0.717, 1.165) is 5.56 Å². The molecule has 0 saturated heterocycles. The standard InChI is InChI=1S/C12H15FN6O/c1-3-19-12(13)10(6-16-19)5-14-17-11(20)8-18-7-9(2)4-15-18/h4-7H,3,8H2,1-2H3,(H,17,20)/b14-5+. The summed E-state index contributed by atoms with van der Waals surface area (Å²) in [6.45, 7) is 4.16. The van der Waals surface area contributed by atoms with Gasteiger partial charge in [-0.05, 0) is 19.4 Å². The Morgan fingerprint density at radius 3 is 2.90 bits per heavy atom. The van der Waals surface area contributed by atoms with E-state index in [0.29, 0.717) is 6.54 Å². The van der Waals surface area contributed by atoms with E-state index < -0.39 is 5.95 Å². The quantitative estimate of drug-likeness (QED) is 0.646. The molecule has 20 heavy (non-hydrogen) atoms. The zero-order valence-corrected chi connectivity index (χ0v) is 11.2. The molecule has 0 unspecified atom stereocenters. The number of hydrogen-bond acceptors (Lipinski definition) is 4. The number of carbonyl (C=O) groups excluding carboxylic acids is 1. The lowest BCUT2D eigenvalue weighted by Crippen LogP contribution is -2.23. The molecule has 0 aliphatic carbocycles. The molecule has 0 spiro atoms. The van der Waals surface area contributed by atoms with Gasteiger partial charge in [0, 0.05) is 12.7 Å². The molecule has 8 heteroatoms. The molecule has 0 fully saturated rings. The Bertz CT molecular complexity index is 630. The molecule has 1 amide bonds. The minimum absolute atomic E-state index is 0.0574. The topological polar surface area (TPSA) is 77.1 Å². The van der Waals surface area contributed by atoms with Crippen LogP contribution in [0.4, 0.5) is 4.39 Å². The van der Waals surface area contributed by atoms with E-state index >= 15 is 0 Å². The molecule has 0 atom stereocenters. The summed E-state index contributed by atoms with van der Waals surface area (Å²) in [5.41, 5.74) is 3.50. The average Bonchev–Trinajstić information content (AvgIpc) is 2.97. The summed E-state index contributed by atoms with van der Waals surface area (Å²) in [5.74, 6) is -0.819. The normalized spacial score (nSPS) is 11.2. The molecule has 7 nitrogen and oxygen atoms in total. The highest BCUT2D eigenvalue weighted by Gasteiger charge is 2.07. The van der Waals surface area contributed by atoms with Gasteiger partial charge in [-0.25, -0.2) is 10.1 Å². The summed E-state index contributed by atoms with van der Waals surface area (Å²) in [4.78, 5) is 11.6. The number of hydrogen-bond donors (Lipinski definition) is 1. The number of aryl methyl sites for hydroxylation is 2. The average molecular weight is 278 g/mol. The van der Waals surface area contributed by atoms with Crippen LogP contribution in [0.1, 0.15) is 18.1 Å². The number of nitrogens with zero attached hydrogens (tertiary/aromatic N) is 5. The number of amides is 1. The van der Waals surface area contributed by atoms with Crippen molar-refractivity contribution in [1.29, 1.82) is 0 Å². The van der Waals surface area contributed by atoms with E-state index in [2.05, 4.69) is 20.7 Å². The van der Waals surface area contributed by atoms with Gasteiger partial charge >= 0.3 is 0 Å². The minimum Gasteiger partial charge on any atom is -0.271 e. The van der Waals surface area contributed by atoms with Gasteiger partial charge in [-0.1, -0.05) is 0 Å². The van der Waals surface area contributed by atoms with Gasteiger partial charge in [0.1, 0.15) is 6.54 Å². The van der Waals surface area contributed by atoms with Crippen LogP contribution < -0.4 is 5.43 Å². The second kappa shape index (κ2) is 6.09. The monoisotopic (exact) mass is 278 g/mol. The SMILES string of the molecule is CCn1ncc(/C=N/NC(=O)Cn2cc(C)cn2)c1F. The Kier molecular flexibility index (Phi) is 4.24. The van der Waals surface area contributed by atoms with Gasteiger partial charge in [0.2, 0.25) is 5.95 Å². The number of carbonyl (C=O) groups is 1. The lowest BCUT2D eigenvalue weighted by atomic mass is 10.4. The number of aromatic nitrogens is 4. The van der Waals surface area contributed by atoms with Crippen molar-refractivity contribution in [2.24, 2.45) is 5.10 Å². The predicted molar refractivity (Wildman–Crippen MR) is 70.6 cm³/mol. The molecule has 2 aromatic heterocycles. The van der Waals surface area contributed by atoms with E-state index in [-0.39, 0.29) is 18.0 Å². The number of rotatable bonds is 5. The second-order valence-corrected chi connectivity index (χ2v) is 4.21. The number of nitrogens with one attached hydrogen (secondary N) is 1. The Hall–Kier alpha value is -2.51. The molecule has 0 aliphatic heterocycles. The predicted octanol–water partition coefficient (Wildman–Crippen LogP) is 0.697. The van der Waals surface area contributed by atoms with Crippen LogP contribution in [0.3, 0.4) is 0 Å². The van der Waals surface area contributed by atoms with Crippen LogP contribution in [0.15, 0.2) is 23.7 Å². The molecule has 2 heterocycles. The second-order valence-electron chi connectivity index (χ2n) is 4.21. The van der Waals surface area contributed by atoms with Gasteiger partial charge < -0.3 is 0 Å². The molecule has 2 aromatic rings. The molecule has 0 aliphatic rings. The molecular weight excluding hydrogens is 263 g/mol. The van der Waals surface area contributed by atoms with E-state index in [1.807, 2.05) is 6.92 Å². The number of hydrazone groups is 1. The van der Waals surface area contributed by atoms with Gasteiger partial charge in [0.15, 0.2) is 0 Å². The zero-order chi connectivity index (χ0) is 14.5. The minimum atomic E-state index is -0.479. The molecule has 1 N–H and O–H groups in total. The Labute approximate surface area is 115 Å². The Morgan fingerprint density at radius 2 is 2.30 bits per heavy atom. The van der Waals surface area contributed by atoms with Gasteiger partial charge in [-0.2, -0.15) is 19.7 Å². The van der Waals surface area contributed by atoms with Crippen molar-refractivity contribution in [2.75, 3.05) is 0 Å². The lowest BCUT2D eigenvalue weighted by molar-refractivity contribution is -0.121. The molecule has 2 rings (SSSR count). The van der Waals surface area contributed by atoms with E-state index in [1.54, 1.807) is 19.3 Å². The van der Waals surface area contributed by atoms with Crippen molar-refractivity contribution in [3.05, 3.63) is 35.7 Å². The van der Waals surface area contributed by atoms with Crippen molar-refractivity contribution < 1.29 is 9.18 Å². The van der Waals surface area contributed by atoms with Crippen LogP contribution in [-0.4, -0.2) is 31.7 Å². The third-order valence-electron chi connectivity index (χ3n) is 2.56. The summed E-state index contributed by atoms with van der Waals surface area (Å²) in [6.07, 6.45) is 5.98. The lowest BCUT2D eigenvalue weighted by Gasteiger charge is -1.99. The van der Waals surface area contributed by atoms with Gasteiger partial charge in [0.25, 0.3) is 5.91 Å². The van der Waals surface area contributed by atoms with E-state index in [9.17, 15) is 9.18 Å². The van der Waals surface area contributed by atoms with Crippen LogP contribution in [0.5, 0.6) is 0 Å². The Balaban J connectivity index is 1.89. The highest BCUT2D eigenvalue weighted by atomic mass is 19.1. The fourth-order valence-corrected chi connectivity index (χ4v) is 1.60. The molecule has 106 valence electrons. The number of halogens is 1. The Morgan fingerprint density at radius 1 is 1.50 bits per heavy atom. The maximum Gasteiger partial charge on any atom is 0.261 e. The maximum atomic E-state index is 13.6. The third-order valence-corrected chi connectivity index (χ3v) is 2.56. The van der Waals surface area contributed by atoms with E-state index in [1.165, 1.54) is 21.8 Å². The first-order valence-electron chi connectivity index (χ1n) is 6.12. The maximum absolute atomic E-state index is 13.6. The fraction of sp³-hybridized carbons (Fsp3) is 0.333.